The maximum absolute atomic E-state index is 13.8. The highest BCUT2D eigenvalue weighted by molar-refractivity contribution is 7.98. The monoisotopic (exact) mass is 802 g/mol. The molecule has 0 spiro atoms. The SMILES string of the molecule is CSCC[C@H](NC(=O)[C@H](CC(C)C)NC(=O)CNC(=O)[C@@H](NC(=O)[C@H](Cc1ccccc1)NC(=O)[C@@H](N)Cc1ccccc1)C(C)C)C(=O)OCc1ccccc1. The van der Waals surface area contributed by atoms with Gasteiger partial charge in [0.05, 0.1) is 12.6 Å². The third kappa shape index (κ3) is 16.8. The highest BCUT2D eigenvalue weighted by Crippen LogP contribution is 2.11. The topological polar surface area (TPSA) is 198 Å². The molecule has 5 amide bonds. The molecule has 0 unspecified atom stereocenters. The summed E-state index contributed by atoms with van der Waals surface area (Å²) in [4.78, 5) is 80.2. The molecule has 0 saturated carbocycles. The number of carbonyl (C=O) groups excluding carboxylic acids is 6. The molecule has 5 atom stereocenters. The Kier molecular flexibility index (Phi) is 19.8. The standard InChI is InChI=1S/C43H58N6O7S/c1-28(2)23-35(40(52)47-34(21-22-57-5)43(55)56-27-32-19-13-8-14-20-32)46-37(50)26-45-42(54)38(29(3)4)49-41(53)36(25-31-17-11-7-12-18-31)48-39(51)33(44)24-30-15-9-6-10-16-30/h6-20,28-29,33-36,38H,21-27,44H2,1-5H3,(H,45,54)(H,46,50)(H,47,52)(H,48,51)(H,49,53)/t33-,34-,35-,36-,38-/m0/s1. The van der Waals surface area contributed by atoms with Crippen molar-refractivity contribution >= 4 is 47.3 Å². The first-order chi connectivity index (χ1) is 27.3. The Bertz CT molecular complexity index is 1730. The van der Waals surface area contributed by atoms with Crippen molar-refractivity contribution in [1.82, 2.24) is 26.6 Å². The first-order valence-corrected chi connectivity index (χ1v) is 20.7. The Morgan fingerprint density at radius 1 is 0.632 bits per heavy atom. The second kappa shape index (κ2) is 24.4. The van der Waals surface area contributed by atoms with E-state index in [1.54, 1.807) is 13.8 Å². The summed E-state index contributed by atoms with van der Waals surface area (Å²) in [6, 6.07) is 22.7. The minimum Gasteiger partial charge on any atom is -0.459 e. The maximum atomic E-state index is 13.8. The summed E-state index contributed by atoms with van der Waals surface area (Å²) < 4.78 is 5.51. The van der Waals surface area contributed by atoms with Gasteiger partial charge in [-0.05, 0) is 59.8 Å². The van der Waals surface area contributed by atoms with Gasteiger partial charge in [0, 0.05) is 6.42 Å². The van der Waals surface area contributed by atoms with Gasteiger partial charge in [-0.25, -0.2) is 4.79 Å². The van der Waals surface area contributed by atoms with Crippen LogP contribution in [0.3, 0.4) is 0 Å². The number of benzene rings is 3. The summed E-state index contributed by atoms with van der Waals surface area (Å²) in [5.74, 6) is -3.30. The molecule has 3 aromatic carbocycles. The molecule has 3 rings (SSSR count). The van der Waals surface area contributed by atoms with Crippen LogP contribution in [-0.2, 0) is 53.0 Å². The molecule has 14 heteroatoms. The number of nitrogens with one attached hydrogen (secondary N) is 5. The smallest absolute Gasteiger partial charge is 0.329 e. The van der Waals surface area contributed by atoms with Crippen molar-refractivity contribution in [1.29, 1.82) is 0 Å². The van der Waals surface area contributed by atoms with Crippen molar-refractivity contribution in [3.63, 3.8) is 0 Å². The van der Waals surface area contributed by atoms with Crippen LogP contribution in [0, 0.1) is 11.8 Å². The lowest BCUT2D eigenvalue weighted by Crippen LogP contribution is -2.58. The fourth-order valence-electron chi connectivity index (χ4n) is 5.90. The second-order valence-corrected chi connectivity index (χ2v) is 15.7. The second-order valence-electron chi connectivity index (χ2n) is 14.7. The van der Waals surface area contributed by atoms with Gasteiger partial charge >= 0.3 is 5.97 Å². The predicted octanol–water partition coefficient (Wildman–Crippen LogP) is 3.05. The molecular weight excluding hydrogens is 745 g/mol. The summed E-state index contributed by atoms with van der Waals surface area (Å²) in [6.07, 6.45) is 2.91. The van der Waals surface area contributed by atoms with Gasteiger partial charge in [-0.3, -0.25) is 24.0 Å². The Morgan fingerprint density at radius 2 is 1.16 bits per heavy atom. The van der Waals surface area contributed by atoms with E-state index < -0.39 is 78.2 Å². The molecular formula is C43H58N6O7S. The van der Waals surface area contributed by atoms with Crippen molar-refractivity contribution in [2.75, 3.05) is 18.6 Å². The van der Waals surface area contributed by atoms with E-state index >= 15 is 0 Å². The molecule has 0 saturated heterocycles. The fourth-order valence-corrected chi connectivity index (χ4v) is 6.37. The summed E-state index contributed by atoms with van der Waals surface area (Å²) >= 11 is 1.52. The van der Waals surface area contributed by atoms with Gasteiger partial charge in [0.15, 0.2) is 0 Å². The van der Waals surface area contributed by atoms with Gasteiger partial charge in [-0.15, -0.1) is 0 Å². The van der Waals surface area contributed by atoms with Crippen LogP contribution in [0.25, 0.3) is 0 Å². The average molecular weight is 803 g/mol. The zero-order chi connectivity index (χ0) is 41.7. The predicted molar refractivity (Wildman–Crippen MR) is 223 cm³/mol. The Hall–Kier alpha value is -5.21. The van der Waals surface area contributed by atoms with Crippen LogP contribution in [0.4, 0.5) is 0 Å². The number of nitrogens with two attached hydrogens (primary N) is 1. The normalized spacial score (nSPS) is 13.7. The first kappa shape index (κ1) is 46.2. The molecule has 57 heavy (non-hydrogen) atoms. The van der Waals surface area contributed by atoms with Crippen molar-refractivity contribution in [2.45, 2.75) is 90.2 Å². The fraction of sp³-hybridized carbons (Fsp3) is 0.442. The zero-order valence-electron chi connectivity index (χ0n) is 33.5. The van der Waals surface area contributed by atoms with Crippen LogP contribution < -0.4 is 32.3 Å². The van der Waals surface area contributed by atoms with Gasteiger partial charge in [-0.1, -0.05) is 119 Å². The summed E-state index contributed by atoms with van der Waals surface area (Å²) in [7, 11) is 0. The molecule has 0 aliphatic rings. The van der Waals surface area contributed by atoms with Crippen molar-refractivity contribution < 1.29 is 33.5 Å². The van der Waals surface area contributed by atoms with E-state index in [1.165, 1.54) is 11.8 Å². The molecule has 0 aromatic heterocycles. The molecule has 0 aliphatic carbocycles. The van der Waals surface area contributed by atoms with Crippen LogP contribution in [0.1, 0.15) is 57.2 Å². The van der Waals surface area contributed by atoms with E-state index in [0.717, 1.165) is 16.7 Å². The van der Waals surface area contributed by atoms with E-state index in [9.17, 15) is 28.8 Å². The zero-order valence-corrected chi connectivity index (χ0v) is 34.3. The van der Waals surface area contributed by atoms with Crippen molar-refractivity contribution in [2.24, 2.45) is 17.6 Å². The largest absolute Gasteiger partial charge is 0.459 e. The van der Waals surface area contributed by atoms with Crippen molar-refractivity contribution in [3.05, 3.63) is 108 Å². The number of hydrogen-bond acceptors (Lipinski definition) is 9. The average Bonchev–Trinajstić information content (AvgIpc) is 3.19. The number of esters is 1. The number of carbonyl (C=O) groups is 6. The van der Waals surface area contributed by atoms with Crippen LogP contribution >= 0.6 is 11.8 Å². The highest BCUT2D eigenvalue weighted by Gasteiger charge is 2.32. The van der Waals surface area contributed by atoms with Crippen LogP contribution in [0.5, 0.6) is 0 Å². The van der Waals surface area contributed by atoms with Gasteiger partial charge < -0.3 is 37.1 Å². The van der Waals surface area contributed by atoms with Crippen LogP contribution in [0.2, 0.25) is 0 Å². The Labute approximate surface area is 340 Å². The number of hydrogen-bond donors (Lipinski definition) is 6. The number of thioether (sulfide) groups is 1. The molecule has 7 N–H and O–H groups in total. The lowest BCUT2D eigenvalue weighted by atomic mass is 10.00. The van der Waals surface area contributed by atoms with Gasteiger partial charge in [0.2, 0.25) is 29.5 Å². The third-order valence-electron chi connectivity index (χ3n) is 9.02. The highest BCUT2D eigenvalue weighted by atomic mass is 32.2. The molecule has 3 aromatic rings. The number of ether oxygens (including phenoxy) is 1. The third-order valence-corrected chi connectivity index (χ3v) is 9.66. The van der Waals surface area contributed by atoms with Gasteiger partial charge in [0.1, 0.15) is 30.8 Å². The van der Waals surface area contributed by atoms with Gasteiger partial charge in [-0.2, -0.15) is 11.8 Å². The number of rotatable bonds is 23. The van der Waals surface area contributed by atoms with Crippen LogP contribution in [0.15, 0.2) is 91.0 Å². The lowest BCUT2D eigenvalue weighted by Gasteiger charge is -2.26. The summed E-state index contributed by atoms with van der Waals surface area (Å²) in [5, 5.41) is 13.6. The van der Waals surface area contributed by atoms with E-state index in [1.807, 2.05) is 111 Å². The first-order valence-electron chi connectivity index (χ1n) is 19.3. The summed E-state index contributed by atoms with van der Waals surface area (Å²) in [6.45, 7) is 6.86. The van der Waals surface area contributed by atoms with E-state index in [0.29, 0.717) is 12.2 Å². The minimum absolute atomic E-state index is 0.00284. The number of amides is 5. The Balaban J connectivity index is 1.64. The summed E-state index contributed by atoms with van der Waals surface area (Å²) in [5.41, 5.74) is 8.70. The molecule has 0 radical (unpaired) electrons. The quantitative estimate of drug-likeness (QED) is 0.0781. The van der Waals surface area contributed by atoms with E-state index in [2.05, 4.69) is 26.6 Å². The van der Waals surface area contributed by atoms with E-state index in [-0.39, 0.29) is 31.8 Å². The minimum atomic E-state index is -1.06. The maximum Gasteiger partial charge on any atom is 0.329 e. The van der Waals surface area contributed by atoms with E-state index in [4.69, 9.17) is 10.5 Å². The molecule has 13 nitrogen and oxygen atoms in total. The molecule has 0 aliphatic heterocycles. The van der Waals surface area contributed by atoms with Crippen molar-refractivity contribution in [3.8, 4) is 0 Å². The van der Waals surface area contributed by atoms with Crippen LogP contribution in [-0.4, -0.2) is 84.3 Å². The molecule has 0 heterocycles. The Morgan fingerprint density at radius 3 is 1.70 bits per heavy atom. The molecule has 308 valence electrons. The molecule has 0 bridgehead atoms. The molecule has 0 fully saturated rings. The lowest BCUT2D eigenvalue weighted by molar-refractivity contribution is -0.149. The van der Waals surface area contributed by atoms with Gasteiger partial charge in [0.25, 0.3) is 0 Å².